The predicted octanol–water partition coefficient (Wildman–Crippen LogP) is 2.94. The van der Waals surface area contributed by atoms with Crippen LogP contribution in [0.4, 0.5) is 5.69 Å². The standard InChI is InChI=1S/C22H33N5O2S.HI/c1-4-27(21-12-6-5-7-13-21)15-9-14-25-22(23-2)26-17-19-10-8-11-20(16-19)18-30(28,29)24-3;/h5-8,10-13,16,24H,4,9,14-15,17-18H2,1-3H3,(H2,23,25,26);1H. The van der Waals surface area contributed by atoms with Crippen LogP contribution in [0, 0.1) is 0 Å². The fourth-order valence-corrected chi connectivity index (χ4v) is 3.88. The minimum Gasteiger partial charge on any atom is -0.372 e. The number of anilines is 1. The minimum atomic E-state index is -3.28. The average Bonchev–Trinajstić information content (AvgIpc) is 2.76. The number of sulfonamides is 1. The summed E-state index contributed by atoms with van der Waals surface area (Å²) in [5.74, 6) is 0.700. The summed E-state index contributed by atoms with van der Waals surface area (Å²) in [7, 11) is -0.110. The first-order valence-corrected chi connectivity index (χ1v) is 11.9. The highest BCUT2D eigenvalue weighted by Crippen LogP contribution is 2.12. The van der Waals surface area contributed by atoms with Crippen LogP contribution in [0.25, 0.3) is 0 Å². The fourth-order valence-electron chi connectivity index (χ4n) is 3.11. The van der Waals surface area contributed by atoms with E-state index < -0.39 is 10.0 Å². The van der Waals surface area contributed by atoms with E-state index in [1.54, 1.807) is 7.05 Å². The summed E-state index contributed by atoms with van der Waals surface area (Å²) in [5, 5.41) is 6.62. The number of aliphatic imine (C=N–C) groups is 1. The molecule has 0 aliphatic heterocycles. The molecule has 0 aromatic heterocycles. The van der Waals surface area contributed by atoms with Crippen LogP contribution in [0.3, 0.4) is 0 Å². The summed E-state index contributed by atoms with van der Waals surface area (Å²) in [6.07, 6.45) is 0.987. The van der Waals surface area contributed by atoms with Crippen molar-refractivity contribution in [3.8, 4) is 0 Å². The van der Waals surface area contributed by atoms with Gasteiger partial charge >= 0.3 is 0 Å². The number of rotatable bonds is 11. The SMILES string of the molecule is CCN(CCCNC(=NC)NCc1cccc(CS(=O)(=O)NC)c1)c1ccccc1.I. The van der Waals surface area contributed by atoms with Crippen molar-refractivity contribution in [1.82, 2.24) is 15.4 Å². The summed E-state index contributed by atoms with van der Waals surface area (Å²) in [6, 6.07) is 18.0. The molecule has 0 bridgehead atoms. The molecule has 0 saturated carbocycles. The van der Waals surface area contributed by atoms with Gasteiger partial charge in [0.1, 0.15) is 0 Å². The van der Waals surface area contributed by atoms with Crippen molar-refractivity contribution < 1.29 is 8.42 Å². The second-order valence-corrected chi connectivity index (χ2v) is 8.83. The number of hydrogen-bond donors (Lipinski definition) is 3. The topological polar surface area (TPSA) is 85.8 Å². The Labute approximate surface area is 203 Å². The molecule has 0 atom stereocenters. The monoisotopic (exact) mass is 559 g/mol. The van der Waals surface area contributed by atoms with Crippen molar-refractivity contribution in [2.45, 2.75) is 25.6 Å². The number of hydrogen-bond acceptors (Lipinski definition) is 4. The predicted molar refractivity (Wildman–Crippen MR) is 141 cm³/mol. The summed E-state index contributed by atoms with van der Waals surface area (Å²) < 4.78 is 25.8. The summed E-state index contributed by atoms with van der Waals surface area (Å²) in [6.45, 7) is 5.47. The molecule has 0 saturated heterocycles. The Morgan fingerprint density at radius 1 is 1.03 bits per heavy atom. The molecular weight excluding hydrogens is 525 g/mol. The van der Waals surface area contributed by atoms with Gasteiger partial charge in [0.25, 0.3) is 0 Å². The maximum atomic E-state index is 11.7. The van der Waals surface area contributed by atoms with E-state index in [4.69, 9.17) is 0 Å². The van der Waals surface area contributed by atoms with E-state index >= 15 is 0 Å². The average molecular weight is 560 g/mol. The van der Waals surface area contributed by atoms with Gasteiger partial charge in [0, 0.05) is 38.9 Å². The molecule has 3 N–H and O–H groups in total. The lowest BCUT2D eigenvalue weighted by atomic mass is 10.1. The molecule has 2 rings (SSSR count). The first-order chi connectivity index (χ1) is 14.5. The number of nitrogens with one attached hydrogen (secondary N) is 3. The maximum absolute atomic E-state index is 11.7. The molecule has 0 heterocycles. The van der Waals surface area contributed by atoms with Gasteiger partial charge in [0.15, 0.2) is 5.96 Å². The van der Waals surface area contributed by atoms with Gasteiger partial charge in [-0.3, -0.25) is 4.99 Å². The Morgan fingerprint density at radius 2 is 1.74 bits per heavy atom. The van der Waals surface area contributed by atoms with Crippen LogP contribution in [0.2, 0.25) is 0 Å². The van der Waals surface area contributed by atoms with Crippen molar-refractivity contribution >= 4 is 45.6 Å². The fraction of sp³-hybridized carbons (Fsp3) is 0.409. The highest BCUT2D eigenvalue weighted by atomic mass is 127. The Balaban J connectivity index is 0.00000480. The van der Waals surface area contributed by atoms with Gasteiger partial charge in [0.05, 0.1) is 5.75 Å². The summed E-state index contributed by atoms with van der Waals surface area (Å²) in [4.78, 5) is 6.62. The molecule has 31 heavy (non-hydrogen) atoms. The van der Waals surface area contributed by atoms with Crippen molar-refractivity contribution in [2.24, 2.45) is 4.99 Å². The van der Waals surface area contributed by atoms with Gasteiger partial charge in [-0.2, -0.15) is 0 Å². The van der Waals surface area contributed by atoms with Gasteiger partial charge in [-0.1, -0.05) is 42.5 Å². The lowest BCUT2D eigenvalue weighted by Crippen LogP contribution is -2.38. The van der Waals surface area contributed by atoms with Gasteiger partial charge in [-0.05, 0) is 43.7 Å². The molecule has 0 aliphatic carbocycles. The van der Waals surface area contributed by atoms with Crippen LogP contribution in [0.1, 0.15) is 24.5 Å². The van der Waals surface area contributed by atoms with E-state index in [-0.39, 0.29) is 29.7 Å². The highest BCUT2D eigenvalue weighted by Gasteiger charge is 2.09. The Morgan fingerprint density at radius 3 is 2.39 bits per heavy atom. The van der Waals surface area contributed by atoms with Crippen molar-refractivity contribution in [2.75, 3.05) is 38.6 Å². The van der Waals surface area contributed by atoms with Gasteiger partial charge in [0.2, 0.25) is 10.0 Å². The van der Waals surface area contributed by atoms with Crippen molar-refractivity contribution in [1.29, 1.82) is 0 Å². The summed E-state index contributed by atoms with van der Waals surface area (Å²) >= 11 is 0. The zero-order valence-corrected chi connectivity index (χ0v) is 21.6. The first kappa shape index (κ1) is 27.2. The van der Waals surface area contributed by atoms with Gasteiger partial charge in [-0.15, -0.1) is 24.0 Å². The molecule has 0 spiro atoms. The molecule has 2 aromatic rings. The molecule has 0 amide bonds. The van der Waals surface area contributed by atoms with Crippen LogP contribution in [0.15, 0.2) is 59.6 Å². The molecular formula is C22H34IN5O2S. The molecule has 0 fully saturated rings. The highest BCUT2D eigenvalue weighted by molar-refractivity contribution is 14.0. The lowest BCUT2D eigenvalue weighted by Gasteiger charge is -2.23. The Kier molecular flexibility index (Phi) is 12.5. The number of guanidine groups is 1. The zero-order chi connectivity index (χ0) is 21.8. The molecule has 0 radical (unpaired) electrons. The quantitative estimate of drug-likeness (QED) is 0.171. The molecule has 172 valence electrons. The molecule has 7 nitrogen and oxygen atoms in total. The second-order valence-electron chi connectivity index (χ2n) is 6.90. The van der Waals surface area contributed by atoms with E-state index in [2.05, 4.69) is 56.4 Å². The van der Waals surface area contributed by atoms with E-state index in [1.165, 1.54) is 12.7 Å². The normalized spacial score (nSPS) is 11.5. The third-order valence-corrected chi connectivity index (χ3v) is 6.08. The maximum Gasteiger partial charge on any atom is 0.215 e. The van der Waals surface area contributed by atoms with E-state index in [1.807, 2.05) is 30.3 Å². The number of para-hydroxylation sites is 1. The zero-order valence-electron chi connectivity index (χ0n) is 18.5. The van der Waals surface area contributed by atoms with Crippen LogP contribution in [-0.4, -0.2) is 48.1 Å². The Hall–Kier alpha value is -1.85. The molecule has 0 aliphatic rings. The first-order valence-electron chi connectivity index (χ1n) is 10.2. The summed E-state index contributed by atoms with van der Waals surface area (Å²) in [5.41, 5.74) is 3.00. The van der Waals surface area contributed by atoms with E-state index in [0.29, 0.717) is 6.54 Å². The van der Waals surface area contributed by atoms with Crippen molar-refractivity contribution in [3.05, 3.63) is 65.7 Å². The van der Waals surface area contributed by atoms with Gasteiger partial charge < -0.3 is 15.5 Å². The van der Waals surface area contributed by atoms with Crippen molar-refractivity contribution in [3.63, 3.8) is 0 Å². The Bertz CT molecular complexity index is 907. The number of benzene rings is 2. The molecule has 2 aromatic carbocycles. The van der Waals surface area contributed by atoms with Crippen LogP contribution in [-0.2, 0) is 22.3 Å². The molecule has 0 unspecified atom stereocenters. The van der Waals surface area contributed by atoms with Crippen LogP contribution in [0.5, 0.6) is 0 Å². The smallest absolute Gasteiger partial charge is 0.215 e. The van der Waals surface area contributed by atoms with E-state index in [0.717, 1.165) is 43.1 Å². The molecule has 9 heteroatoms. The van der Waals surface area contributed by atoms with E-state index in [9.17, 15) is 8.42 Å². The van der Waals surface area contributed by atoms with Gasteiger partial charge in [-0.25, -0.2) is 13.1 Å². The minimum absolute atomic E-state index is 0. The number of halogens is 1. The van der Waals surface area contributed by atoms with Crippen LogP contribution >= 0.6 is 24.0 Å². The third-order valence-electron chi connectivity index (χ3n) is 4.74. The lowest BCUT2D eigenvalue weighted by molar-refractivity contribution is 0.587. The second kappa shape index (κ2) is 14.3. The van der Waals surface area contributed by atoms with Crippen LogP contribution < -0.4 is 20.3 Å². The number of nitrogens with zero attached hydrogens (tertiary/aromatic N) is 2. The largest absolute Gasteiger partial charge is 0.372 e. The third kappa shape index (κ3) is 9.88.